The number of imidazole rings is 1. The molecular formula is C21H32N2O2. The molecule has 2 rings (SSSR count). The lowest BCUT2D eigenvalue weighted by Gasteiger charge is -2.14. The molecule has 1 aromatic carbocycles. The summed E-state index contributed by atoms with van der Waals surface area (Å²) in [6.07, 6.45) is 5.11. The molecule has 0 fully saturated rings. The number of aryl methyl sites for hydroxylation is 2. The normalized spacial score (nSPS) is 12.4. The van der Waals surface area contributed by atoms with Gasteiger partial charge < -0.3 is 14.4 Å². The highest BCUT2D eigenvalue weighted by atomic mass is 16.5. The number of aliphatic hydroxyl groups is 1. The maximum Gasteiger partial charge on any atom is 0.115 e. The third kappa shape index (κ3) is 6.39. The quantitative estimate of drug-likeness (QED) is 0.597. The van der Waals surface area contributed by atoms with Gasteiger partial charge >= 0.3 is 0 Å². The molecule has 0 aliphatic rings. The van der Waals surface area contributed by atoms with Gasteiger partial charge in [0.25, 0.3) is 0 Å². The lowest BCUT2D eigenvalue weighted by molar-refractivity contribution is 0.0612. The van der Waals surface area contributed by atoms with Crippen molar-refractivity contribution in [2.45, 2.75) is 61.1 Å². The standard InChI is InChI=1S/C19H26N2O2.C2H6/c1-13(2)6-7-16(5)23-11-17(22)10-21-12-20-18-8-14(3)15(4)9-19(18)21;1-2/h6-9,12,17,22H,10-11H2,1-5H3;1-2H3/b16-7+;. The summed E-state index contributed by atoms with van der Waals surface area (Å²) < 4.78 is 7.57. The van der Waals surface area contributed by atoms with Crippen molar-refractivity contribution < 1.29 is 9.84 Å². The molecule has 0 aliphatic heterocycles. The molecule has 1 unspecified atom stereocenters. The van der Waals surface area contributed by atoms with E-state index < -0.39 is 6.10 Å². The average Bonchev–Trinajstić information content (AvgIpc) is 2.95. The smallest absolute Gasteiger partial charge is 0.115 e. The van der Waals surface area contributed by atoms with Gasteiger partial charge in [-0.2, -0.15) is 0 Å². The van der Waals surface area contributed by atoms with E-state index in [1.807, 2.05) is 51.3 Å². The second kappa shape index (κ2) is 10.0. The van der Waals surface area contributed by atoms with E-state index in [1.165, 1.54) is 16.7 Å². The average molecular weight is 344 g/mol. The highest BCUT2D eigenvalue weighted by molar-refractivity contribution is 5.77. The SMILES string of the molecule is CC.CC(C)=C/C=C(\C)OCC(O)Cn1cnc2cc(C)c(C)cc21. The Morgan fingerprint density at radius 1 is 1.16 bits per heavy atom. The first-order valence-electron chi connectivity index (χ1n) is 8.91. The fraction of sp³-hybridized carbons (Fsp3) is 0.476. The first kappa shape index (κ1) is 21.0. The minimum atomic E-state index is -0.580. The van der Waals surface area contributed by atoms with Crippen molar-refractivity contribution in [2.24, 2.45) is 0 Å². The maximum atomic E-state index is 10.2. The first-order chi connectivity index (χ1) is 11.9. The number of allylic oxidation sites excluding steroid dienone is 4. The number of hydrogen-bond acceptors (Lipinski definition) is 3. The zero-order valence-electron chi connectivity index (χ0n) is 16.6. The molecule has 1 atom stereocenters. The van der Waals surface area contributed by atoms with Crippen LogP contribution in [0.2, 0.25) is 0 Å². The summed E-state index contributed by atoms with van der Waals surface area (Å²) in [6, 6.07) is 4.20. The number of aliphatic hydroxyl groups excluding tert-OH is 1. The van der Waals surface area contributed by atoms with E-state index in [0.29, 0.717) is 6.54 Å². The number of hydrogen-bond donors (Lipinski definition) is 1. The largest absolute Gasteiger partial charge is 0.495 e. The lowest BCUT2D eigenvalue weighted by atomic mass is 10.1. The highest BCUT2D eigenvalue weighted by Gasteiger charge is 2.10. The number of ether oxygens (including phenoxy) is 1. The Morgan fingerprint density at radius 2 is 1.80 bits per heavy atom. The molecule has 4 nitrogen and oxygen atoms in total. The summed E-state index contributed by atoms with van der Waals surface area (Å²) in [5.74, 6) is 0.798. The van der Waals surface area contributed by atoms with Crippen molar-refractivity contribution in [3.05, 3.63) is 53.1 Å². The van der Waals surface area contributed by atoms with Crippen LogP contribution in [0.3, 0.4) is 0 Å². The molecule has 0 saturated heterocycles. The van der Waals surface area contributed by atoms with Gasteiger partial charge in [0.15, 0.2) is 0 Å². The van der Waals surface area contributed by atoms with Crippen molar-refractivity contribution in [2.75, 3.05) is 6.61 Å². The summed E-state index contributed by atoms with van der Waals surface area (Å²) in [5, 5.41) is 10.2. The lowest BCUT2D eigenvalue weighted by Crippen LogP contribution is -2.21. The molecule has 1 aromatic heterocycles. The summed E-state index contributed by atoms with van der Waals surface area (Å²) in [7, 11) is 0. The Morgan fingerprint density at radius 3 is 2.44 bits per heavy atom. The van der Waals surface area contributed by atoms with Crippen molar-refractivity contribution in [1.29, 1.82) is 0 Å². The maximum absolute atomic E-state index is 10.2. The Labute approximate surface area is 151 Å². The van der Waals surface area contributed by atoms with Gasteiger partial charge in [-0.15, -0.1) is 0 Å². The van der Waals surface area contributed by atoms with E-state index in [-0.39, 0.29) is 6.61 Å². The minimum absolute atomic E-state index is 0.267. The van der Waals surface area contributed by atoms with Crippen molar-refractivity contribution in [1.82, 2.24) is 9.55 Å². The first-order valence-corrected chi connectivity index (χ1v) is 8.91. The van der Waals surface area contributed by atoms with E-state index in [1.54, 1.807) is 6.33 Å². The van der Waals surface area contributed by atoms with Crippen LogP contribution in [0.4, 0.5) is 0 Å². The van der Waals surface area contributed by atoms with Gasteiger partial charge in [0, 0.05) is 0 Å². The number of benzene rings is 1. The van der Waals surface area contributed by atoms with Gasteiger partial charge in [-0.3, -0.25) is 0 Å². The van der Waals surface area contributed by atoms with Crippen molar-refractivity contribution in [3.8, 4) is 0 Å². The van der Waals surface area contributed by atoms with Crippen LogP contribution >= 0.6 is 0 Å². The molecular weight excluding hydrogens is 312 g/mol. The molecule has 4 heteroatoms. The summed E-state index contributed by atoms with van der Waals surface area (Å²) >= 11 is 0. The molecule has 0 saturated carbocycles. The molecule has 0 aliphatic carbocycles. The van der Waals surface area contributed by atoms with Gasteiger partial charge in [0.2, 0.25) is 0 Å². The van der Waals surface area contributed by atoms with Crippen LogP contribution in [0.1, 0.15) is 45.7 Å². The van der Waals surface area contributed by atoms with Crippen molar-refractivity contribution >= 4 is 11.0 Å². The van der Waals surface area contributed by atoms with E-state index in [9.17, 15) is 5.11 Å². The molecule has 138 valence electrons. The van der Waals surface area contributed by atoms with E-state index >= 15 is 0 Å². The molecule has 25 heavy (non-hydrogen) atoms. The van der Waals surface area contributed by atoms with Crippen LogP contribution in [0.25, 0.3) is 11.0 Å². The summed E-state index contributed by atoms with van der Waals surface area (Å²) in [4.78, 5) is 4.41. The fourth-order valence-corrected chi connectivity index (χ4v) is 2.30. The van der Waals surface area contributed by atoms with Crippen LogP contribution in [-0.4, -0.2) is 27.4 Å². The minimum Gasteiger partial charge on any atom is -0.495 e. The molecule has 0 radical (unpaired) electrons. The molecule has 0 bridgehead atoms. The van der Waals surface area contributed by atoms with Crippen LogP contribution in [0.15, 0.2) is 41.9 Å². The summed E-state index contributed by atoms with van der Waals surface area (Å²) in [5.41, 5.74) is 5.67. The third-order valence-electron chi connectivity index (χ3n) is 3.80. The fourth-order valence-electron chi connectivity index (χ4n) is 2.30. The highest BCUT2D eigenvalue weighted by Crippen LogP contribution is 2.18. The predicted octanol–water partition coefficient (Wildman–Crippen LogP) is 4.93. The van der Waals surface area contributed by atoms with E-state index in [0.717, 1.165) is 16.8 Å². The Bertz CT molecular complexity index is 738. The molecule has 1 heterocycles. The second-order valence-electron chi connectivity index (χ2n) is 6.31. The monoisotopic (exact) mass is 344 g/mol. The number of aromatic nitrogens is 2. The second-order valence-corrected chi connectivity index (χ2v) is 6.31. The number of rotatable bonds is 6. The molecule has 2 aromatic rings. The number of nitrogens with zero attached hydrogens (tertiary/aromatic N) is 2. The number of fused-ring (bicyclic) bond motifs is 1. The predicted molar refractivity (Wildman–Crippen MR) is 106 cm³/mol. The van der Waals surface area contributed by atoms with Gasteiger partial charge in [-0.25, -0.2) is 4.98 Å². The third-order valence-corrected chi connectivity index (χ3v) is 3.80. The Kier molecular flexibility index (Phi) is 8.42. The van der Waals surface area contributed by atoms with Crippen LogP contribution in [-0.2, 0) is 11.3 Å². The van der Waals surface area contributed by atoms with Crippen LogP contribution in [0.5, 0.6) is 0 Å². The Hall–Kier alpha value is -2.07. The van der Waals surface area contributed by atoms with E-state index in [2.05, 4.69) is 31.0 Å². The molecule has 0 spiro atoms. The molecule has 0 amide bonds. The van der Waals surface area contributed by atoms with Crippen LogP contribution in [0, 0.1) is 13.8 Å². The summed E-state index contributed by atoms with van der Waals surface area (Å²) in [6.45, 7) is 14.9. The Balaban J connectivity index is 0.00000151. The van der Waals surface area contributed by atoms with Crippen LogP contribution < -0.4 is 0 Å². The van der Waals surface area contributed by atoms with Gasteiger partial charge in [-0.1, -0.05) is 25.5 Å². The van der Waals surface area contributed by atoms with Gasteiger partial charge in [-0.05, 0) is 64.0 Å². The zero-order valence-corrected chi connectivity index (χ0v) is 16.6. The van der Waals surface area contributed by atoms with E-state index in [4.69, 9.17) is 4.74 Å². The topological polar surface area (TPSA) is 47.3 Å². The van der Waals surface area contributed by atoms with Gasteiger partial charge in [0.1, 0.15) is 12.7 Å². The molecule has 1 N–H and O–H groups in total. The van der Waals surface area contributed by atoms with Gasteiger partial charge in [0.05, 0.1) is 29.7 Å². The zero-order chi connectivity index (χ0) is 19.0. The van der Waals surface area contributed by atoms with Crippen molar-refractivity contribution in [3.63, 3.8) is 0 Å².